The maximum absolute atomic E-state index is 6.16. The van der Waals surface area contributed by atoms with E-state index < -0.39 is 0 Å². The average Bonchev–Trinajstić information content (AvgIpc) is 2.85. The van der Waals surface area contributed by atoms with Gasteiger partial charge in [-0.2, -0.15) is 0 Å². The van der Waals surface area contributed by atoms with Crippen LogP contribution in [0.25, 0.3) is 5.69 Å². The molecular formula is C15H20ClN3. The van der Waals surface area contributed by atoms with Crippen molar-refractivity contribution < 1.29 is 0 Å². The van der Waals surface area contributed by atoms with Crippen LogP contribution >= 0.6 is 11.6 Å². The Hall–Kier alpha value is -1.32. The number of hydrogen-bond donors (Lipinski definition) is 0. The van der Waals surface area contributed by atoms with Crippen molar-refractivity contribution in [2.24, 2.45) is 0 Å². The highest BCUT2D eigenvalue weighted by atomic mass is 35.5. The Kier molecular flexibility index (Phi) is 5.00. The molecule has 2 aromatic rings. The molecule has 0 N–H and O–H groups in total. The Balaban J connectivity index is 2.16. The normalized spacial score (nSPS) is 11.2. The summed E-state index contributed by atoms with van der Waals surface area (Å²) in [6.45, 7) is 4.24. The minimum atomic E-state index is 0.538. The van der Waals surface area contributed by atoms with Gasteiger partial charge in [0.05, 0.1) is 5.69 Å². The molecule has 2 rings (SSSR count). The van der Waals surface area contributed by atoms with Crippen LogP contribution in [0.2, 0.25) is 5.15 Å². The molecule has 0 atom stereocenters. The summed E-state index contributed by atoms with van der Waals surface area (Å²) in [6, 6.07) is 8.08. The number of rotatable bonds is 6. The quantitative estimate of drug-likeness (QED) is 0.750. The zero-order chi connectivity index (χ0) is 13.7. The van der Waals surface area contributed by atoms with Crippen molar-refractivity contribution in [2.75, 3.05) is 13.6 Å². The van der Waals surface area contributed by atoms with E-state index in [0.717, 1.165) is 18.8 Å². The molecule has 0 saturated heterocycles. The van der Waals surface area contributed by atoms with Crippen molar-refractivity contribution in [3.63, 3.8) is 0 Å². The maximum atomic E-state index is 6.16. The highest BCUT2D eigenvalue weighted by Crippen LogP contribution is 2.20. The van der Waals surface area contributed by atoms with Crippen molar-refractivity contribution in [1.29, 1.82) is 0 Å². The zero-order valence-corrected chi connectivity index (χ0v) is 12.3. The third-order valence-corrected chi connectivity index (χ3v) is 3.45. The Labute approximate surface area is 119 Å². The number of aromatic nitrogens is 2. The average molecular weight is 278 g/mol. The van der Waals surface area contributed by atoms with Crippen molar-refractivity contribution in [2.45, 2.75) is 26.3 Å². The first-order valence-electron chi connectivity index (χ1n) is 6.68. The molecule has 0 aliphatic rings. The Morgan fingerprint density at radius 2 is 2.16 bits per heavy atom. The molecule has 0 bridgehead atoms. The lowest BCUT2D eigenvalue weighted by atomic mass is 10.3. The van der Waals surface area contributed by atoms with Crippen molar-refractivity contribution in [3.8, 4) is 5.69 Å². The SMILES string of the molecule is CCCCN(C)Cc1cccn1-c1cccnc1Cl. The van der Waals surface area contributed by atoms with E-state index in [4.69, 9.17) is 11.6 Å². The number of nitrogens with zero attached hydrogens (tertiary/aromatic N) is 3. The van der Waals surface area contributed by atoms with Crippen molar-refractivity contribution in [3.05, 3.63) is 47.5 Å². The van der Waals surface area contributed by atoms with E-state index in [1.54, 1.807) is 6.20 Å². The summed E-state index contributed by atoms with van der Waals surface area (Å²) in [5.41, 5.74) is 2.17. The molecule has 2 heterocycles. The molecule has 3 nitrogen and oxygen atoms in total. The molecule has 0 radical (unpaired) electrons. The van der Waals surface area contributed by atoms with E-state index in [-0.39, 0.29) is 0 Å². The molecule has 102 valence electrons. The van der Waals surface area contributed by atoms with Crippen LogP contribution in [0.5, 0.6) is 0 Å². The Morgan fingerprint density at radius 1 is 1.32 bits per heavy atom. The van der Waals surface area contributed by atoms with E-state index in [1.807, 2.05) is 24.4 Å². The van der Waals surface area contributed by atoms with Crippen LogP contribution in [-0.2, 0) is 6.54 Å². The van der Waals surface area contributed by atoms with Gasteiger partial charge in [-0.1, -0.05) is 24.9 Å². The van der Waals surface area contributed by atoms with Crippen molar-refractivity contribution >= 4 is 11.6 Å². The van der Waals surface area contributed by atoms with Gasteiger partial charge in [0.25, 0.3) is 0 Å². The molecule has 19 heavy (non-hydrogen) atoms. The van der Waals surface area contributed by atoms with Crippen LogP contribution in [0.15, 0.2) is 36.7 Å². The first-order chi connectivity index (χ1) is 9.22. The van der Waals surface area contributed by atoms with E-state index in [2.05, 4.69) is 34.5 Å². The summed E-state index contributed by atoms with van der Waals surface area (Å²) in [4.78, 5) is 6.47. The number of pyridine rings is 1. The molecule has 0 fully saturated rings. The molecule has 0 saturated carbocycles. The third kappa shape index (κ3) is 3.58. The van der Waals surface area contributed by atoms with Gasteiger partial charge in [0.2, 0.25) is 0 Å². The van der Waals surface area contributed by atoms with Crippen molar-refractivity contribution in [1.82, 2.24) is 14.5 Å². The first kappa shape index (κ1) is 14.1. The van der Waals surface area contributed by atoms with Gasteiger partial charge >= 0.3 is 0 Å². The summed E-state index contributed by atoms with van der Waals surface area (Å²) in [5, 5.41) is 0.538. The lowest BCUT2D eigenvalue weighted by Crippen LogP contribution is -2.20. The second-order valence-electron chi connectivity index (χ2n) is 4.77. The number of unbranched alkanes of at least 4 members (excludes halogenated alkanes) is 1. The first-order valence-corrected chi connectivity index (χ1v) is 7.06. The Bertz CT molecular complexity index is 522. The summed E-state index contributed by atoms with van der Waals surface area (Å²) in [7, 11) is 2.15. The van der Waals surface area contributed by atoms with E-state index in [9.17, 15) is 0 Å². The second kappa shape index (κ2) is 6.73. The third-order valence-electron chi connectivity index (χ3n) is 3.16. The fourth-order valence-corrected chi connectivity index (χ4v) is 2.33. The summed E-state index contributed by atoms with van der Waals surface area (Å²) < 4.78 is 2.11. The predicted octanol–water partition coefficient (Wildman–Crippen LogP) is 3.76. The zero-order valence-electron chi connectivity index (χ0n) is 11.5. The minimum Gasteiger partial charge on any atom is -0.317 e. The molecular weight excluding hydrogens is 258 g/mol. The fraction of sp³-hybridized carbons (Fsp3) is 0.400. The summed E-state index contributed by atoms with van der Waals surface area (Å²) in [5.74, 6) is 0. The smallest absolute Gasteiger partial charge is 0.152 e. The second-order valence-corrected chi connectivity index (χ2v) is 5.13. The standard InChI is InChI=1S/C15H20ClN3/c1-3-4-10-18(2)12-13-7-6-11-19(13)14-8-5-9-17-15(14)16/h5-9,11H,3-4,10,12H2,1-2H3. The molecule has 0 spiro atoms. The van der Waals surface area contributed by atoms with Gasteiger partial charge in [-0.25, -0.2) is 4.98 Å². The summed E-state index contributed by atoms with van der Waals surface area (Å²) in [6.07, 6.45) is 6.19. The largest absolute Gasteiger partial charge is 0.317 e. The van der Waals surface area contributed by atoms with Gasteiger partial charge < -0.3 is 9.47 Å². The number of halogens is 1. The maximum Gasteiger partial charge on any atom is 0.152 e. The van der Waals surface area contributed by atoms with Crippen LogP contribution in [0.3, 0.4) is 0 Å². The number of hydrogen-bond acceptors (Lipinski definition) is 2. The molecule has 0 unspecified atom stereocenters. The van der Waals surface area contributed by atoms with Crippen LogP contribution in [0.1, 0.15) is 25.5 Å². The highest BCUT2D eigenvalue weighted by Gasteiger charge is 2.09. The van der Waals surface area contributed by atoms with Crippen LogP contribution in [0, 0.1) is 0 Å². The fourth-order valence-electron chi connectivity index (χ4n) is 2.12. The van der Waals surface area contributed by atoms with Gasteiger partial charge in [-0.05, 0) is 44.3 Å². The lowest BCUT2D eigenvalue weighted by Gasteiger charge is -2.18. The predicted molar refractivity (Wildman–Crippen MR) is 79.8 cm³/mol. The van der Waals surface area contributed by atoms with Crippen LogP contribution in [0.4, 0.5) is 0 Å². The van der Waals surface area contributed by atoms with Crippen LogP contribution in [-0.4, -0.2) is 28.0 Å². The molecule has 0 amide bonds. The van der Waals surface area contributed by atoms with E-state index in [1.165, 1.54) is 18.5 Å². The molecule has 0 aromatic carbocycles. The molecule has 2 aromatic heterocycles. The molecule has 0 aliphatic heterocycles. The highest BCUT2D eigenvalue weighted by molar-refractivity contribution is 6.31. The van der Waals surface area contributed by atoms with E-state index in [0.29, 0.717) is 5.15 Å². The Morgan fingerprint density at radius 3 is 2.89 bits per heavy atom. The van der Waals surface area contributed by atoms with Gasteiger partial charge in [0.15, 0.2) is 5.15 Å². The molecule has 0 aliphatic carbocycles. The van der Waals surface area contributed by atoms with Gasteiger partial charge in [-0.15, -0.1) is 0 Å². The monoisotopic (exact) mass is 277 g/mol. The van der Waals surface area contributed by atoms with E-state index >= 15 is 0 Å². The topological polar surface area (TPSA) is 21.1 Å². The lowest BCUT2D eigenvalue weighted by molar-refractivity contribution is 0.315. The summed E-state index contributed by atoms with van der Waals surface area (Å²) >= 11 is 6.16. The van der Waals surface area contributed by atoms with Gasteiger partial charge in [0, 0.05) is 24.6 Å². The van der Waals surface area contributed by atoms with Crippen LogP contribution < -0.4 is 0 Å². The minimum absolute atomic E-state index is 0.538. The van der Waals surface area contributed by atoms with Gasteiger partial charge in [-0.3, -0.25) is 0 Å². The van der Waals surface area contributed by atoms with Gasteiger partial charge in [0.1, 0.15) is 0 Å². The molecule has 4 heteroatoms.